The molecule has 5 heteroatoms. The summed E-state index contributed by atoms with van der Waals surface area (Å²) in [4.78, 5) is 12.2. The minimum absolute atomic E-state index is 0.216. The number of ether oxygens (including phenoxy) is 2. The first kappa shape index (κ1) is 18.3. The van der Waals surface area contributed by atoms with Crippen LogP contribution in [0.3, 0.4) is 0 Å². The number of benzene rings is 1. The van der Waals surface area contributed by atoms with Gasteiger partial charge in [-0.05, 0) is 44.2 Å². The van der Waals surface area contributed by atoms with Crippen molar-refractivity contribution in [3.8, 4) is 11.8 Å². The lowest BCUT2D eigenvalue weighted by molar-refractivity contribution is 0.0188. The van der Waals surface area contributed by atoms with Crippen molar-refractivity contribution in [3.05, 3.63) is 41.1 Å². The molecule has 1 saturated carbocycles. The molecule has 3 rings (SSSR count). The van der Waals surface area contributed by atoms with Gasteiger partial charge in [-0.3, -0.25) is 0 Å². The molecule has 26 heavy (non-hydrogen) atoms. The highest BCUT2D eigenvalue weighted by Crippen LogP contribution is 2.27. The van der Waals surface area contributed by atoms with Gasteiger partial charge in [0.25, 0.3) is 0 Å². The number of carbonyl (C=O) groups excluding carboxylic acids is 1. The number of methoxy groups -OCH3 is 1. The third-order valence-corrected chi connectivity index (χ3v) is 4.61. The Hall–Kier alpha value is -2.45. The predicted molar refractivity (Wildman–Crippen MR) is 101 cm³/mol. The number of hydrogen-bond donors (Lipinski definition) is 2. The van der Waals surface area contributed by atoms with Gasteiger partial charge in [-0.2, -0.15) is 0 Å². The van der Waals surface area contributed by atoms with E-state index in [2.05, 4.69) is 17.2 Å². The zero-order valence-electron chi connectivity index (χ0n) is 15.2. The molecular formula is C21H26N2O3. The molecule has 1 aromatic rings. The van der Waals surface area contributed by atoms with Crippen molar-refractivity contribution < 1.29 is 14.3 Å². The summed E-state index contributed by atoms with van der Waals surface area (Å²) in [6.07, 6.45) is 7.67. The van der Waals surface area contributed by atoms with Crippen molar-refractivity contribution in [3.63, 3.8) is 0 Å². The first-order chi connectivity index (χ1) is 12.7. The van der Waals surface area contributed by atoms with Gasteiger partial charge in [0.15, 0.2) is 0 Å². The maximum atomic E-state index is 12.2. The second-order valence-corrected chi connectivity index (χ2v) is 6.79. The number of hydrogen-bond acceptors (Lipinski definition) is 5. The monoisotopic (exact) mass is 354 g/mol. The molecule has 2 fully saturated rings. The van der Waals surface area contributed by atoms with Gasteiger partial charge < -0.3 is 20.5 Å². The summed E-state index contributed by atoms with van der Waals surface area (Å²) in [6.45, 7) is 1.53. The first-order valence-corrected chi connectivity index (χ1v) is 9.22. The van der Waals surface area contributed by atoms with E-state index in [1.807, 2.05) is 12.1 Å². The molecule has 1 saturated heterocycles. The fraction of sp³-hybridized carbons (Fsp3) is 0.476. The summed E-state index contributed by atoms with van der Waals surface area (Å²) in [5, 5.41) is 3.21. The summed E-state index contributed by atoms with van der Waals surface area (Å²) < 4.78 is 10.6. The zero-order chi connectivity index (χ0) is 18.4. The van der Waals surface area contributed by atoms with Gasteiger partial charge in [-0.25, -0.2) is 4.79 Å². The van der Waals surface area contributed by atoms with Gasteiger partial charge in [0.05, 0.1) is 24.5 Å². The number of esters is 1. The van der Waals surface area contributed by atoms with Crippen LogP contribution in [0.2, 0.25) is 0 Å². The summed E-state index contributed by atoms with van der Waals surface area (Å²) >= 11 is 0. The Bertz CT molecular complexity index is 735. The zero-order valence-corrected chi connectivity index (χ0v) is 15.2. The van der Waals surface area contributed by atoms with Crippen LogP contribution in [0, 0.1) is 17.8 Å². The average molecular weight is 354 g/mol. The molecule has 2 aliphatic rings. The summed E-state index contributed by atoms with van der Waals surface area (Å²) in [6, 6.07) is 5.47. The van der Waals surface area contributed by atoms with E-state index in [-0.39, 0.29) is 6.10 Å². The van der Waals surface area contributed by atoms with Crippen LogP contribution in [-0.2, 0) is 9.47 Å². The molecule has 0 radical (unpaired) electrons. The van der Waals surface area contributed by atoms with Crippen molar-refractivity contribution in [2.24, 2.45) is 11.7 Å². The van der Waals surface area contributed by atoms with E-state index >= 15 is 0 Å². The van der Waals surface area contributed by atoms with Gasteiger partial charge >= 0.3 is 5.97 Å². The quantitative estimate of drug-likeness (QED) is 0.628. The topological polar surface area (TPSA) is 73.6 Å². The maximum absolute atomic E-state index is 12.2. The Labute approximate surface area is 154 Å². The minimum Gasteiger partial charge on any atom is -0.465 e. The van der Waals surface area contributed by atoms with Crippen LogP contribution in [0.4, 0.5) is 0 Å². The minimum atomic E-state index is -0.415. The SMILES string of the molecule is COC(=O)c1cc(C#CC2CC2)ccc1/C(N)=C/NCC1CCCCO1. The number of nitrogens with two attached hydrogens (primary N) is 1. The summed E-state index contributed by atoms with van der Waals surface area (Å²) in [7, 11) is 1.37. The lowest BCUT2D eigenvalue weighted by Crippen LogP contribution is -2.29. The largest absolute Gasteiger partial charge is 0.465 e. The number of rotatable bonds is 5. The Morgan fingerprint density at radius 3 is 2.88 bits per heavy atom. The second kappa shape index (κ2) is 8.77. The Morgan fingerprint density at radius 2 is 2.19 bits per heavy atom. The molecule has 1 aliphatic carbocycles. The van der Waals surface area contributed by atoms with E-state index in [0.717, 1.165) is 25.0 Å². The molecule has 0 aromatic heterocycles. The Morgan fingerprint density at radius 1 is 1.35 bits per heavy atom. The summed E-state index contributed by atoms with van der Waals surface area (Å²) in [5.41, 5.74) is 8.57. The molecule has 1 heterocycles. The van der Waals surface area contributed by atoms with Crippen LogP contribution < -0.4 is 11.1 Å². The highest BCUT2D eigenvalue weighted by atomic mass is 16.5. The second-order valence-electron chi connectivity index (χ2n) is 6.79. The predicted octanol–water partition coefficient (Wildman–Crippen LogP) is 2.65. The van der Waals surface area contributed by atoms with Crippen molar-refractivity contribution in [1.29, 1.82) is 0 Å². The average Bonchev–Trinajstić information content (AvgIpc) is 3.51. The van der Waals surface area contributed by atoms with Crippen molar-refractivity contribution in [1.82, 2.24) is 5.32 Å². The molecule has 0 amide bonds. The molecule has 1 aliphatic heterocycles. The van der Waals surface area contributed by atoms with Crippen LogP contribution >= 0.6 is 0 Å². The van der Waals surface area contributed by atoms with E-state index < -0.39 is 5.97 Å². The Kier molecular flexibility index (Phi) is 6.19. The smallest absolute Gasteiger partial charge is 0.338 e. The maximum Gasteiger partial charge on any atom is 0.338 e. The van der Waals surface area contributed by atoms with E-state index in [0.29, 0.717) is 29.3 Å². The number of carbonyl (C=O) groups is 1. The lowest BCUT2D eigenvalue weighted by atomic mass is 10.0. The normalized spacial score (nSPS) is 20.0. The van der Waals surface area contributed by atoms with E-state index in [4.69, 9.17) is 15.2 Å². The first-order valence-electron chi connectivity index (χ1n) is 9.22. The van der Waals surface area contributed by atoms with Crippen LogP contribution in [0.15, 0.2) is 24.4 Å². The third-order valence-electron chi connectivity index (χ3n) is 4.61. The van der Waals surface area contributed by atoms with E-state index in [1.54, 1.807) is 12.3 Å². The summed E-state index contributed by atoms with van der Waals surface area (Å²) in [5.74, 6) is 6.42. The molecule has 3 N–H and O–H groups in total. The standard InChI is InChI=1S/C21H26N2O3/c1-25-21(24)19-12-16(8-7-15-5-6-15)9-10-18(19)20(22)14-23-13-17-4-2-3-11-26-17/h9-10,12,14-15,17,23H,2-6,11,13,22H2,1H3/b20-14-. The highest BCUT2D eigenvalue weighted by Gasteiger charge is 2.18. The molecular weight excluding hydrogens is 328 g/mol. The van der Waals surface area contributed by atoms with Gasteiger partial charge in [0, 0.05) is 36.4 Å². The van der Waals surface area contributed by atoms with Crippen LogP contribution in [0.5, 0.6) is 0 Å². The van der Waals surface area contributed by atoms with Gasteiger partial charge in [-0.15, -0.1) is 0 Å². The van der Waals surface area contributed by atoms with Gasteiger partial charge in [-0.1, -0.05) is 17.9 Å². The molecule has 1 unspecified atom stereocenters. The molecule has 0 spiro atoms. The van der Waals surface area contributed by atoms with Gasteiger partial charge in [0.1, 0.15) is 0 Å². The van der Waals surface area contributed by atoms with Crippen LogP contribution in [0.1, 0.15) is 53.6 Å². The third kappa shape index (κ3) is 5.03. The molecule has 1 atom stereocenters. The molecule has 138 valence electrons. The van der Waals surface area contributed by atoms with Crippen LogP contribution in [0.25, 0.3) is 5.70 Å². The van der Waals surface area contributed by atoms with Crippen LogP contribution in [-0.4, -0.2) is 32.3 Å². The fourth-order valence-corrected chi connectivity index (χ4v) is 2.91. The molecule has 0 bridgehead atoms. The fourth-order valence-electron chi connectivity index (χ4n) is 2.91. The van der Waals surface area contributed by atoms with Gasteiger partial charge in [0.2, 0.25) is 0 Å². The molecule has 5 nitrogen and oxygen atoms in total. The van der Waals surface area contributed by atoms with E-state index in [9.17, 15) is 4.79 Å². The number of nitrogens with one attached hydrogen (secondary N) is 1. The molecule has 1 aromatic carbocycles. The van der Waals surface area contributed by atoms with E-state index in [1.165, 1.54) is 26.4 Å². The van der Waals surface area contributed by atoms with Crippen molar-refractivity contribution in [2.45, 2.75) is 38.2 Å². The van der Waals surface area contributed by atoms with Crippen molar-refractivity contribution >= 4 is 11.7 Å². The Balaban J connectivity index is 1.72. The van der Waals surface area contributed by atoms with Crippen molar-refractivity contribution in [2.75, 3.05) is 20.3 Å². The lowest BCUT2D eigenvalue weighted by Gasteiger charge is -2.22. The highest BCUT2D eigenvalue weighted by molar-refractivity contribution is 5.95.